The van der Waals surface area contributed by atoms with Crippen molar-refractivity contribution >= 4 is 11.4 Å². The Morgan fingerprint density at radius 1 is 1.54 bits per heavy atom. The molecule has 0 atom stereocenters. The molecule has 0 aromatic heterocycles. The van der Waals surface area contributed by atoms with Gasteiger partial charge in [0.2, 0.25) is 0 Å². The van der Waals surface area contributed by atoms with Crippen LogP contribution in [0.15, 0.2) is 30.6 Å². The van der Waals surface area contributed by atoms with E-state index in [0.29, 0.717) is 6.54 Å². The molecule has 1 aliphatic rings. The molecule has 0 saturated heterocycles. The molecular formula is C10H13N3. The highest BCUT2D eigenvalue weighted by atomic mass is 15.3. The molecule has 0 fully saturated rings. The maximum atomic E-state index is 5.56. The highest BCUT2D eigenvalue weighted by Crippen LogP contribution is 2.34. The van der Waals surface area contributed by atoms with Crippen LogP contribution in [0.4, 0.5) is 11.4 Å². The molecule has 13 heavy (non-hydrogen) atoms. The lowest BCUT2D eigenvalue weighted by Gasteiger charge is -2.11. The van der Waals surface area contributed by atoms with Crippen LogP contribution in [-0.2, 0) is 6.54 Å². The first-order valence-corrected chi connectivity index (χ1v) is 4.25. The number of hydrogen-bond acceptors (Lipinski definition) is 3. The van der Waals surface area contributed by atoms with Gasteiger partial charge in [-0.15, -0.1) is 0 Å². The molecule has 68 valence electrons. The number of anilines is 2. The van der Waals surface area contributed by atoms with Gasteiger partial charge in [0.15, 0.2) is 0 Å². The maximum absolute atomic E-state index is 5.56. The van der Waals surface area contributed by atoms with E-state index >= 15 is 0 Å². The quantitative estimate of drug-likeness (QED) is 0.679. The third-order valence-electron chi connectivity index (χ3n) is 2.34. The summed E-state index contributed by atoms with van der Waals surface area (Å²) in [5, 5.41) is 3.19. The van der Waals surface area contributed by atoms with E-state index in [-0.39, 0.29) is 0 Å². The van der Waals surface area contributed by atoms with Gasteiger partial charge in [-0.2, -0.15) is 0 Å². The van der Waals surface area contributed by atoms with E-state index < -0.39 is 0 Å². The van der Waals surface area contributed by atoms with Crippen LogP contribution in [0.2, 0.25) is 0 Å². The fourth-order valence-corrected chi connectivity index (χ4v) is 1.47. The molecule has 1 aromatic rings. The summed E-state index contributed by atoms with van der Waals surface area (Å²) in [7, 11) is 1.99. The van der Waals surface area contributed by atoms with Crippen molar-refractivity contribution in [2.24, 2.45) is 5.73 Å². The zero-order chi connectivity index (χ0) is 9.42. The van der Waals surface area contributed by atoms with E-state index in [0.717, 1.165) is 22.8 Å². The van der Waals surface area contributed by atoms with Crippen molar-refractivity contribution in [2.45, 2.75) is 6.54 Å². The van der Waals surface area contributed by atoms with Crippen LogP contribution in [0.3, 0.4) is 0 Å². The fraction of sp³-hybridized carbons (Fsp3) is 0.200. The molecule has 1 heterocycles. The molecule has 3 N–H and O–H groups in total. The van der Waals surface area contributed by atoms with E-state index in [1.54, 1.807) is 0 Å². The van der Waals surface area contributed by atoms with Crippen molar-refractivity contribution in [1.29, 1.82) is 0 Å². The van der Waals surface area contributed by atoms with Gasteiger partial charge in [0.25, 0.3) is 0 Å². The topological polar surface area (TPSA) is 41.3 Å². The van der Waals surface area contributed by atoms with Gasteiger partial charge in [0.1, 0.15) is 5.82 Å². The Balaban J connectivity index is 2.47. The Morgan fingerprint density at radius 3 is 3.00 bits per heavy atom. The van der Waals surface area contributed by atoms with Crippen molar-refractivity contribution in [3.05, 3.63) is 36.2 Å². The molecule has 3 nitrogen and oxygen atoms in total. The third-order valence-corrected chi connectivity index (χ3v) is 2.34. The van der Waals surface area contributed by atoms with Crippen LogP contribution in [0.1, 0.15) is 5.56 Å². The van der Waals surface area contributed by atoms with Crippen molar-refractivity contribution in [2.75, 3.05) is 17.3 Å². The second kappa shape index (κ2) is 2.78. The highest BCUT2D eigenvalue weighted by molar-refractivity contribution is 5.80. The summed E-state index contributed by atoms with van der Waals surface area (Å²) < 4.78 is 0. The minimum absolute atomic E-state index is 0.577. The second-order valence-electron chi connectivity index (χ2n) is 3.19. The summed E-state index contributed by atoms with van der Waals surface area (Å²) in [4.78, 5) is 2.02. The summed E-state index contributed by atoms with van der Waals surface area (Å²) >= 11 is 0. The van der Waals surface area contributed by atoms with E-state index in [9.17, 15) is 0 Å². The average molecular weight is 175 g/mol. The van der Waals surface area contributed by atoms with Crippen LogP contribution in [0.5, 0.6) is 0 Å². The van der Waals surface area contributed by atoms with Gasteiger partial charge in [0.05, 0.1) is 11.4 Å². The molecule has 0 saturated carbocycles. The van der Waals surface area contributed by atoms with E-state index in [1.807, 2.05) is 24.1 Å². The summed E-state index contributed by atoms with van der Waals surface area (Å²) in [6.07, 6.45) is 0. The Morgan fingerprint density at radius 2 is 2.31 bits per heavy atom. The first kappa shape index (κ1) is 8.13. The number of nitrogens with zero attached hydrogens (tertiary/aromatic N) is 1. The first-order chi connectivity index (χ1) is 6.22. The van der Waals surface area contributed by atoms with Crippen LogP contribution >= 0.6 is 0 Å². The van der Waals surface area contributed by atoms with Crippen LogP contribution < -0.4 is 16.0 Å². The van der Waals surface area contributed by atoms with E-state index in [2.05, 4.69) is 18.0 Å². The zero-order valence-corrected chi connectivity index (χ0v) is 7.67. The predicted octanol–water partition coefficient (Wildman–Crippen LogP) is 1.48. The highest BCUT2D eigenvalue weighted by Gasteiger charge is 2.18. The summed E-state index contributed by atoms with van der Waals surface area (Å²) in [5.74, 6) is 0.907. The number of nitrogens with one attached hydrogen (secondary N) is 1. The van der Waals surface area contributed by atoms with Gasteiger partial charge in [-0.05, 0) is 17.7 Å². The lowest BCUT2D eigenvalue weighted by molar-refractivity contribution is 1.07. The van der Waals surface area contributed by atoms with Crippen molar-refractivity contribution in [1.82, 2.24) is 0 Å². The van der Waals surface area contributed by atoms with Crippen molar-refractivity contribution in [3.8, 4) is 0 Å². The van der Waals surface area contributed by atoms with E-state index in [1.165, 1.54) is 0 Å². The normalized spacial score (nSPS) is 14.3. The smallest absolute Gasteiger partial charge is 0.103 e. The number of hydrogen-bond donors (Lipinski definition) is 2. The molecule has 0 unspecified atom stereocenters. The minimum Gasteiger partial charge on any atom is -0.340 e. The molecule has 1 aromatic carbocycles. The summed E-state index contributed by atoms with van der Waals surface area (Å²) in [5.41, 5.74) is 8.95. The molecule has 0 bridgehead atoms. The van der Waals surface area contributed by atoms with Gasteiger partial charge in [-0.3, -0.25) is 0 Å². The van der Waals surface area contributed by atoms with Gasteiger partial charge in [-0.25, -0.2) is 0 Å². The predicted molar refractivity (Wildman–Crippen MR) is 55.5 cm³/mol. The Labute approximate surface area is 77.8 Å². The maximum Gasteiger partial charge on any atom is 0.103 e. The van der Waals surface area contributed by atoms with Gasteiger partial charge in [0, 0.05) is 13.6 Å². The Bertz CT molecular complexity index is 357. The number of fused-ring (bicyclic) bond motifs is 1. The Hall–Kier alpha value is -1.48. The van der Waals surface area contributed by atoms with Gasteiger partial charge >= 0.3 is 0 Å². The van der Waals surface area contributed by atoms with E-state index in [4.69, 9.17) is 5.73 Å². The molecule has 3 heteroatoms. The number of nitrogens with two attached hydrogens (primary N) is 1. The van der Waals surface area contributed by atoms with Crippen LogP contribution in [-0.4, -0.2) is 7.05 Å². The SMILES string of the molecule is C=C1Nc2ccc(CN)cc2N1C. The zero-order valence-electron chi connectivity index (χ0n) is 7.67. The summed E-state index contributed by atoms with van der Waals surface area (Å²) in [6, 6.07) is 6.14. The Kier molecular flexibility index (Phi) is 1.74. The molecular weight excluding hydrogens is 162 g/mol. The monoisotopic (exact) mass is 175 g/mol. The number of rotatable bonds is 1. The molecule has 2 rings (SSSR count). The largest absolute Gasteiger partial charge is 0.340 e. The minimum atomic E-state index is 0.577. The lowest BCUT2D eigenvalue weighted by atomic mass is 10.2. The number of benzene rings is 1. The molecule has 1 aliphatic heterocycles. The standard InChI is InChI=1S/C10H13N3/c1-7-12-9-4-3-8(6-11)5-10(9)13(7)2/h3-5,12H,1,6,11H2,2H3. The van der Waals surface area contributed by atoms with Crippen molar-refractivity contribution in [3.63, 3.8) is 0 Å². The van der Waals surface area contributed by atoms with Crippen LogP contribution in [0.25, 0.3) is 0 Å². The van der Waals surface area contributed by atoms with Crippen LogP contribution in [0, 0.1) is 0 Å². The molecule has 0 amide bonds. The molecule has 0 aliphatic carbocycles. The van der Waals surface area contributed by atoms with Crippen molar-refractivity contribution < 1.29 is 0 Å². The lowest BCUT2D eigenvalue weighted by Crippen LogP contribution is -2.12. The third kappa shape index (κ3) is 1.17. The second-order valence-corrected chi connectivity index (χ2v) is 3.19. The fourth-order valence-electron chi connectivity index (χ4n) is 1.47. The molecule has 0 spiro atoms. The first-order valence-electron chi connectivity index (χ1n) is 4.25. The molecule has 0 radical (unpaired) electrons. The summed E-state index contributed by atoms with van der Waals surface area (Å²) in [6.45, 7) is 4.47. The van der Waals surface area contributed by atoms with Gasteiger partial charge in [-0.1, -0.05) is 12.6 Å². The van der Waals surface area contributed by atoms with Gasteiger partial charge < -0.3 is 16.0 Å². The average Bonchev–Trinajstić information content (AvgIpc) is 2.43.